The molecule has 0 radical (unpaired) electrons. The second kappa shape index (κ2) is 17.3. The standard InChI is InChI=1S/C18H12N6S.C18H11N3S.C12H5ClN2S/c1-2-4-12(5-3-1)19-18-14-8-9-25-16(14)13-7-6-11(10-15(13)20-18)17-21-23-24-22-17;19-11-12-6-7-14-16(10-12)21-18(15-8-9-22-17(14)15)20-13-4-2-1-3-5-13;13-12-9-3-4-16-11(9)8-2-1-7(6-14)5-10(8)15-12/h1-10H,(H,19,20)(H,21,22,23,24);1-10H,(H,20,21);1-5H. The quantitative estimate of drug-likeness (QED) is 0.142. The van der Waals surface area contributed by atoms with Gasteiger partial charge in [-0.1, -0.05) is 72.3 Å². The Morgan fingerprint density at radius 3 is 1.49 bits per heavy atom. The number of tetrazole rings is 1. The lowest BCUT2D eigenvalue weighted by Crippen LogP contribution is -1.95. The third-order valence-electron chi connectivity index (χ3n) is 10.1. The van der Waals surface area contributed by atoms with Crippen LogP contribution in [0.5, 0.6) is 0 Å². The number of hydrogen-bond acceptors (Lipinski definition) is 13. The van der Waals surface area contributed by atoms with Gasteiger partial charge < -0.3 is 10.6 Å². The van der Waals surface area contributed by atoms with E-state index in [1.54, 1.807) is 46.1 Å². The van der Waals surface area contributed by atoms with E-state index in [9.17, 15) is 0 Å². The van der Waals surface area contributed by atoms with E-state index >= 15 is 0 Å². The normalized spacial score (nSPS) is 10.9. The number of aromatic nitrogens is 7. The van der Waals surface area contributed by atoms with E-state index < -0.39 is 0 Å². The van der Waals surface area contributed by atoms with Crippen LogP contribution in [0.2, 0.25) is 5.15 Å². The van der Waals surface area contributed by atoms with Gasteiger partial charge in [-0.15, -0.1) is 44.2 Å². The van der Waals surface area contributed by atoms with Crippen LogP contribution < -0.4 is 10.6 Å². The number of thiophene rings is 3. The van der Waals surface area contributed by atoms with Gasteiger partial charge in [0.15, 0.2) is 0 Å². The van der Waals surface area contributed by atoms with Crippen molar-refractivity contribution in [2.75, 3.05) is 10.6 Å². The lowest BCUT2D eigenvalue weighted by molar-refractivity contribution is 0.881. The molecule has 5 aromatic carbocycles. The zero-order valence-corrected chi connectivity index (χ0v) is 35.8. The molecule has 7 heterocycles. The number of H-pyrrole nitrogens is 1. The smallest absolute Gasteiger partial charge is 0.204 e. The summed E-state index contributed by atoms with van der Waals surface area (Å²) in [4.78, 5) is 13.9. The Hall–Kier alpha value is -7.85. The first-order valence-corrected chi connectivity index (χ1v) is 22.3. The summed E-state index contributed by atoms with van der Waals surface area (Å²) in [5.74, 6) is 2.23. The van der Waals surface area contributed by atoms with E-state index in [1.165, 1.54) is 9.40 Å². The molecule has 0 atom stereocenters. The monoisotopic (exact) mass is 889 g/mol. The number of nitrogens with one attached hydrogen (secondary N) is 3. The fraction of sp³-hybridized carbons (Fsp3) is 0. The van der Waals surface area contributed by atoms with Crippen molar-refractivity contribution in [2.45, 2.75) is 0 Å². The van der Waals surface area contributed by atoms with E-state index in [0.717, 1.165) is 82.1 Å². The maximum atomic E-state index is 9.08. The number of aromatic amines is 1. The van der Waals surface area contributed by atoms with E-state index in [4.69, 9.17) is 32.1 Å². The molecular formula is C48H28ClN11S3. The molecule has 0 bridgehead atoms. The molecule has 7 aromatic heterocycles. The Balaban J connectivity index is 0.000000115. The first-order valence-electron chi connectivity index (χ1n) is 19.3. The summed E-state index contributed by atoms with van der Waals surface area (Å²) in [6, 6.07) is 47.7. The first-order chi connectivity index (χ1) is 31.0. The van der Waals surface area contributed by atoms with Crippen molar-refractivity contribution in [3.05, 3.63) is 166 Å². The molecule has 0 aliphatic rings. The van der Waals surface area contributed by atoms with Gasteiger partial charge in [-0.3, -0.25) is 0 Å². The second-order valence-corrected chi connectivity index (χ2v) is 17.1. The van der Waals surface area contributed by atoms with Crippen LogP contribution in [0.3, 0.4) is 0 Å². The van der Waals surface area contributed by atoms with E-state index in [-0.39, 0.29) is 0 Å². The van der Waals surface area contributed by atoms with Gasteiger partial charge in [0.25, 0.3) is 0 Å². The maximum Gasteiger partial charge on any atom is 0.204 e. The fourth-order valence-electron chi connectivity index (χ4n) is 7.13. The summed E-state index contributed by atoms with van der Waals surface area (Å²) in [6.07, 6.45) is 0. The highest BCUT2D eigenvalue weighted by Crippen LogP contribution is 2.37. The number of nitrogens with zero attached hydrogens (tertiary/aromatic N) is 8. The second-order valence-electron chi connectivity index (χ2n) is 14.0. The molecule has 3 N–H and O–H groups in total. The van der Waals surface area contributed by atoms with E-state index in [1.807, 2.05) is 109 Å². The Morgan fingerprint density at radius 2 is 0.984 bits per heavy atom. The third-order valence-corrected chi connectivity index (χ3v) is 13.2. The highest BCUT2D eigenvalue weighted by atomic mass is 35.5. The van der Waals surface area contributed by atoms with Gasteiger partial charge in [-0.25, -0.2) is 15.0 Å². The van der Waals surface area contributed by atoms with Crippen LogP contribution in [0.15, 0.2) is 150 Å². The summed E-state index contributed by atoms with van der Waals surface area (Å²) in [5.41, 5.74) is 6.64. The minimum atomic E-state index is 0.499. The topological polar surface area (TPSA) is 165 Å². The summed E-state index contributed by atoms with van der Waals surface area (Å²) >= 11 is 11.1. The van der Waals surface area contributed by atoms with Gasteiger partial charge in [-0.2, -0.15) is 15.7 Å². The van der Waals surface area contributed by atoms with Crippen LogP contribution >= 0.6 is 45.6 Å². The van der Waals surface area contributed by atoms with Gasteiger partial charge in [0.2, 0.25) is 5.82 Å². The Labute approximate surface area is 375 Å². The molecule has 300 valence electrons. The number of hydrogen-bond donors (Lipinski definition) is 3. The highest BCUT2D eigenvalue weighted by Gasteiger charge is 2.14. The van der Waals surface area contributed by atoms with Crippen molar-refractivity contribution in [1.29, 1.82) is 10.5 Å². The van der Waals surface area contributed by atoms with E-state index in [2.05, 4.69) is 77.3 Å². The van der Waals surface area contributed by atoms with Crippen LogP contribution in [0.25, 0.3) is 74.4 Å². The lowest BCUT2D eigenvalue weighted by Gasteiger charge is -2.09. The number of benzene rings is 5. The molecule has 0 aliphatic heterocycles. The molecule has 0 amide bonds. The SMILES string of the molecule is N#Cc1ccc2c(c1)nc(Cl)c1ccsc12.N#Cc1ccc2c(c1)nc(Nc1ccccc1)c1ccsc12.c1ccc(Nc2nc3cc(-c4nn[nH]n4)ccc3c3sccc23)cc1. The number of fused-ring (bicyclic) bond motifs is 9. The summed E-state index contributed by atoms with van der Waals surface area (Å²) in [5, 5.41) is 52.0. The van der Waals surface area contributed by atoms with Crippen LogP contribution in [-0.4, -0.2) is 35.6 Å². The molecule has 11 nitrogen and oxygen atoms in total. The zero-order valence-electron chi connectivity index (χ0n) is 32.6. The molecule has 12 rings (SSSR count). The molecule has 0 unspecified atom stereocenters. The predicted octanol–water partition coefficient (Wildman–Crippen LogP) is 13.4. The molecule has 63 heavy (non-hydrogen) atoms. The van der Waals surface area contributed by atoms with Gasteiger partial charge in [0.1, 0.15) is 16.8 Å². The molecule has 12 aromatic rings. The van der Waals surface area contributed by atoms with Crippen molar-refractivity contribution in [2.24, 2.45) is 0 Å². The van der Waals surface area contributed by atoms with Crippen LogP contribution in [-0.2, 0) is 0 Å². The van der Waals surface area contributed by atoms with Crippen molar-refractivity contribution in [1.82, 2.24) is 35.6 Å². The number of halogens is 1. The number of pyridine rings is 3. The Morgan fingerprint density at radius 1 is 0.508 bits per heavy atom. The molecule has 0 aliphatic carbocycles. The Bertz CT molecular complexity index is 3690. The van der Waals surface area contributed by atoms with Crippen LogP contribution in [0.1, 0.15) is 11.1 Å². The van der Waals surface area contributed by atoms with Gasteiger partial charge in [0.05, 0.1) is 39.8 Å². The largest absolute Gasteiger partial charge is 0.340 e. The molecular weight excluding hydrogens is 862 g/mol. The average Bonchev–Trinajstić information content (AvgIpc) is 4.18. The summed E-state index contributed by atoms with van der Waals surface area (Å²) < 4.78 is 3.52. The van der Waals surface area contributed by atoms with Crippen molar-refractivity contribution in [3.8, 4) is 23.5 Å². The van der Waals surface area contributed by atoms with E-state index in [0.29, 0.717) is 22.1 Å². The maximum absolute atomic E-state index is 9.08. The Kier molecular flexibility index (Phi) is 10.8. The van der Waals surface area contributed by atoms with Gasteiger partial charge in [-0.05, 0) is 94.1 Å². The molecule has 0 spiro atoms. The fourth-order valence-corrected chi connectivity index (χ4v) is 10.2. The zero-order chi connectivity index (χ0) is 42.7. The number of nitriles is 2. The minimum Gasteiger partial charge on any atom is -0.340 e. The average molecular weight is 890 g/mol. The van der Waals surface area contributed by atoms with Gasteiger partial charge >= 0.3 is 0 Å². The summed E-state index contributed by atoms with van der Waals surface area (Å²) in [7, 11) is 0. The van der Waals surface area contributed by atoms with Crippen LogP contribution in [0, 0.1) is 22.7 Å². The minimum absolute atomic E-state index is 0.499. The molecule has 15 heteroatoms. The number of anilines is 4. The first kappa shape index (κ1) is 39.3. The molecule has 0 saturated carbocycles. The predicted molar refractivity (Wildman–Crippen MR) is 258 cm³/mol. The summed E-state index contributed by atoms with van der Waals surface area (Å²) in [6.45, 7) is 0. The molecule has 0 fully saturated rings. The number of rotatable bonds is 5. The highest BCUT2D eigenvalue weighted by molar-refractivity contribution is 7.19. The van der Waals surface area contributed by atoms with Crippen LogP contribution in [0.4, 0.5) is 23.0 Å². The lowest BCUT2D eigenvalue weighted by atomic mass is 10.1. The van der Waals surface area contributed by atoms with Crippen molar-refractivity contribution in [3.63, 3.8) is 0 Å². The third kappa shape index (κ3) is 7.94. The van der Waals surface area contributed by atoms with Crippen molar-refractivity contribution >= 4 is 132 Å². The van der Waals surface area contributed by atoms with Crippen molar-refractivity contribution < 1.29 is 0 Å². The molecule has 0 saturated heterocycles. The van der Waals surface area contributed by atoms with Gasteiger partial charge in [0, 0.05) is 63.4 Å². The number of para-hydroxylation sites is 2.